The van der Waals surface area contributed by atoms with Gasteiger partial charge in [0.15, 0.2) is 5.78 Å². The highest BCUT2D eigenvalue weighted by Crippen LogP contribution is 2.59. The lowest BCUT2D eigenvalue weighted by molar-refractivity contribution is -0.121. The van der Waals surface area contributed by atoms with E-state index < -0.39 is 5.92 Å². The first kappa shape index (κ1) is 11.5. The number of carbonyl (C=O) groups is 1. The van der Waals surface area contributed by atoms with Gasteiger partial charge in [0.05, 0.1) is 6.07 Å². The lowest BCUT2D eigenvalue weighted by Crippen LogP contribution is -2.16. The monoisotopic (exact) mass is 239 g/mol. The summed E-state index contributed by atoms with van der Waals surface area (Å²) >= 11 is 0. The third-order valence-electron chi connectivity index (χ3n) is 4.65. The van der Waals surface area contributed by atoms with Gasteiger partial charge in [-0.05, 0) is 42.7 Å². The Balaban J connectivity index is 1.84. The number of nitrogens with zero attached hydrogens (tertiary/aromatic N) is 1. The molecule has 2 heteroatoms. The second kappa shape index (κ2) is 4.24. The minimum atomic E-state index is -0.554. The Bertz CT molecular complexity index is 518. The fourth-order valence-electron chi connectivity index (χ4n) is 3.63. The van der Waals surface area contributed by atoms with E-state index in [-0.39, 0.29) is 11.7 Å². The largest absolute Gasteiger partial charge is 0.298 e. The first-order chi connectivity index (χ1) is 8.74. The molecule has 0 N–H and O–H groups in total. The molecule has 2 nitrogen and oxygen atoms in total. The summed E-state index contributed by atoms with van der Waals surface area (Å²) in [5, 5.41) is 9.34. The van der Waals surface area contributed by atoms with Gasteiger partial charge in [0.25, 0.3) is 0 Å². The van der Waals surface area contributed by atoms with Crippen molar-refractivity contribution >= 4 is 5.78 Å². The van der Waals surface area contributed by atoms with E-state index >= 15 is 0 Å². The van der Waals surface area contributed by atoms with Crippen LogP contribution >= 0.6 is 0 Å². The van der Waals surface area contributed by atoms with Crippen LogP contribution in [0.15, 0.2) is 24.3 Å². The van der Waals surface area contributed by atoms with Gasteiger partial charge in [-0.25, -0.2) is 0 Å². The first-order valence-electron chi connectivity index (χ1n) is 6.73. The highest BCUT2D eigenvalue weighted by atomic mass is 16.1. The molecule has 18 heavy (non-hydrogen) atoms. The highest BCUT2D eigenvalue weighted by molar-refractivity contribution is 5.93. The molecule has 0 saturated heterocycles. The van der Waals surface area contributed by atoms with E-state index in [9.17, 15) is 10.1 Å². The van der Waals surface area contributed by atoms with Crippen molar-refractivity contribution in [2.75, 3.05) is 0 Å². The van der Waals surface area contributed by atoms with Crippen LogP contribution in [0.3, 0.4) is 0 Å². The Morgan fingerprint density at radius 1 is 1.33 bits per heavy atom. The number of fused-ring (bicyclic) bond motifs is 1. The zero-order valence-electron chi connectivity index (χ0n) is 10.6. The molecule has 3 atom stereocenters. The van der Waals surface area contributed by atoms with Crippen molar-refractivity contribution < 1.29 is 4.79 Å². The molecule has 0 heterocycles. The van der Waals surface area contributed by atoms with Gasteiger partial charge in [-0.1, -0.05) is 30.7 Å². The third-order valence-corrected chi connectivity index (χ3v) is 4.65. The van der Waals surface area contributed by atoms with Gasteiger partial charge in [-0.15, -0.1) is 0 Å². The van der Waals surface area contributed by atoms with Crippen LogP contribution in [0.25, 0.3) is 0 Å². The second-order valence-corrected chi connectivity index (χ2v) is 5.61. The molecule has 0 aliphatic heterocycles. The van der Waals surface area contributed by atoms with Gasteiger partial charge >= 0.3 is 0 Å². The van der Waals surface area contributed by atoms with Crippen LogP contribution < -0.4 is 0 Å². The van der Waals surface area contributed by atoms with Crippen molar-refractivity contribution in [3.05, 3.63) is 35.4 Å². The lowest BCUT2D eigenvalue weighted by Gasteiger charge is -2.12. The molecular formula is C16H17NO. The predicted molar refractivity (Wildman–Crippen MR) is 68.9 cm³/mol. The molecule has 2 aliphatic rings. The zero-order chi connectivity index (χ0) is 12.7. The normalized spacial score (nSPS) is 30.3. The SMILES string of the molecule is Cc1ccccc1C(C#N)C(=O)C1C2CCCC21. The van der Waals surface area contributed by atoms with Gasteiger partial charge in [-0.3, -0.25) is 4.79 Å². The molecular weight excluding hydrogens is 222 g/mol. The maximum atomic E-state index is 12.5. The van der Waals surface area contributed by atoms with Crippen molar-refractivity contribution in [2.24, 2.45) is 17.8 Å². The topological polar surface area (TPSA) is 40.9 Å². The summed E-state index contributed by atoms with van der Waals surface area (Å²) in [6.07, 6.45) is 3.64. The Morgan fingerprint density at radius 3 is 2.61 bits per heavy atom. The number of rotatable bonds is 3. The molecule has 0 aromatic heterocycles. The van der Waals surface area contributed by atoms with Crippen molar-refractivity contribution in [2.45, 2.75) is 32.1 Å². The quantitative estimate of drug-likeness (QED) is 0.812. The fourth-order valence-corrected chi connectivity index (χ4v) is 3.63. The molecule has 3 rings (SSSR count). The Morgan fingerprint density at radius 2 is 2.00 bits per heavy atom. The van der Waals surface area contributed by atoms with Crippen molar-refractivity contribution in [3.63, 3.8) is 0 Å². The standard InChI is InChI=1S/C16H17NO/c1-10-5-2-3-6-11(10)14(9-17)16(18)15-12-7-4-8-13(12)15/h2-3,5-6,12-15H,4,7-8H2,1H3. The van der Waals surface area contributed by atoms with Crippen LogP contribution in [0, 0.1) is 36.0 Å². The average molecular weight is 239 g/mol. The maximum Gasteiger partial charge on any atom is 0.158 e. The van der Waals surface area contributed by atoms with Gasteiger partial charge < -0.3 is 0 Å². The second-order valence-electron chi connectivity index (χ2n) is 5.61. The summed E-state index contributed by atoms with van der Waals surface area (Å²) in [6, 6.07) is 9.97. The summed E-state index contributed by atoms with van der Waals surface area (Å²) in [5.41, 5.74) is 1.94. The number of hydrogen-bond donors (Lipinski definition) is 0. The molecule has 2 fully saturated rings. The van der Waals surface area contributed by atoms with Crippen LogP contribution in [0.4, 0.5) is 0 Å². The smallest absolute Gasteiger partial charge is 0.158 e. The molecule has 2 aliphatic carbocycles. The van der Waals surface area contributed by atoms with Crippen LogP contribution in [0.1, 0.15) is 36.3 Å². The maximum absolute atomic E-state index is 12.5. The van der Waals surface area contributed by atoms with E-state index in [1.165, 1.54) is 19.3 Å². The summed E-state index contributed by atoms with van der Waals surface area (Å²) in [7, 11) is 0. The first-order valence-corrected chi connectivity index (χ1v) is 6.73. The predicted octanol–water partition coefficient (Wildman–Crippen LogP) is 3.22. The molecule has 1 aromatic carbocycles. The van der Waals surface area contributed by atoms with Gasteiger partial charge in [0, 0.05) is 5.92 Å². The molecule has 92 valence electrons. The van der Waals surface area contributed by atoms with Gasteiger partial charge in [0.1, 0.15) is 5.92 Å². The average Bonchev–Trinajstić information content (AvgIpc) is 2.86. The Kier molecular flexibility index (Phi) is 2.70. The van der Waals surface area contributed by atoms with Crippen LogP contribution in [-0.2, 0) is 4.79 Å². The van der Waals surface area contributed by atoms with Gasteiger partial charge in [-0.2, -0.15) is 5.26 Å². The lowest BCUT2D eigenvalue weighted by atomic mass is 9.88. The molecule has 1 aromatic rings. The number of hydrogen-bond acceptors (Lipinski definition) is 2. The molecule has 0 spiro atoms. The number of Topliss-reactive ketones (excluding diaryl/α,β-unsaturated/α-hetero) is 1. The van der Waals surface area contributed by atoms with E-state index in [2.05, 4.69) is 6.07 Å². The summed E-state index contributed by atoms with van der Waals surface area (Å²) in [4.78, 5) is 12.5. The van der Waals surface area contributed by atoms with E-state index in [4.69, 9.17) is 0 Å². The van der Waals surface area contributed by atoms with E-state index in [1.54, 1.807) is 0 Å². The number of carbonyl (C=O) groups excluding carboxylic acids is 1. The minimum Gasteiger partial charge on any atom is -0.298 e. The Labute approximate surface area is 108 Å². The van der Waals surface area contributed by atoms with Crippen molar-refractivity contribution in [1.29, 1.82) is 5.26 Å². The number of benzene rings is 1. The van der Waals surface area contributed by atoms with Crippen LogP contribution in [0.5, 0.6) is 0 Å². The summed E-state index contributed by atoms with van der Waals surface area (Å²) in [6.45, 7) is 1.97. The van der Waals surface area contributed by atoms with Gasteiger partial charge in [0.2, 0.25) is 0 Å². The van der Waals surface area contributed by atoms with Crippen molar-refractivity contribution in [1.82, 2.24) is 0 Å². The third kappa shape index (κ3) is 1.66. The number of aryl methyl sites for hydroxylation is 1. The highest BCUT2D eigenvalue weighted by Gasteiger charge is 2.57. The van der Waals surface area contributed by atoms with E-state index in [0.29, 0.717) is 11.8 Å². The van der Waals surface area contributed by atoms with E-state index in [1.807, 2.05) is 31.2 Å². The number of ketones is 1. The molecule has 3 unspecified atom stereocenters. The van der Waals surface area contributed by atoms with Crippen molar-refractivity contribution in [3.8, 4) is 6.07 Å². The fraction of sp³-hybridized carbons (Fsp3) is 0.500. The Hall–Kier alpha value is -1.62. The van der Waals surface area contributed by atoms with E-state index in [0.717, 1.165) is 11.1 Å². The molecule has 2 saturated carbocycles. The van der Waals surface area contributed by atoms with Crippen LogP contribution in [-0.4, -0.2) is 5.78 Å². The molecule has 0 radical (unpaired) electrons. The summed E-state index contributed by atoms with van der Waals surface area (Å²) < 4.78 is 0. The zero-order valence-corrected chi connectivity index (χ0v) is 10.6. The minimum absolute atomic E-state index is 0.168. The summed E-state index contributed by atoms with van der Waals surface area (Å²) in [5.74, 6) is 0.987. The number of nitriles is 1. The van der Waals surface area contributed by atoms with Crippen LogP contribution in [0.2, 0.25) is 0 Å². The molecule has 0 amide bonds. The molecule has 0 bridgehead atoms.